The summed E-state index contributed by atoms with van der Waals surface area (Å²) in [6, 6.07) is 2.04. The Morgan fingerprint density at radius 3 is 2.76 bits per heavy atom. The average molecular weight is 287 g/mol. The van der Waals surface area contributed by atoms with E-state index in [2.05, 4.69) is 22.7 Å². The number of amides is 1. The Kier molecular flexibility index (Phi) is 3.24. The number of anilines is 1. The van der Waals surface area contributed by atoms with Gasteiger partial charge in [-0.2, -0.15) is 0 Å². The van der Waals surface area contributed by atoms with Crippen LogP contribution in [0, 0.1) is 6.92 Å². The number of hydrogen-bond acceptors (Lipinski definition) is 4. The molecule has 0 aromatic heterocycles. The Bertz CT molecular complexity index is 642. The minimum absolute atomic E-state index is 0.187. The van der Waals surface area contributed by atoms with E-state index >= 15 is 0 Å². The van der Waals surface area contributed by atoms with Gasteiger partial charge in [-0.3, -0.25) is 4.79 Å². The first-order valence-electron chi connectivity index (χ1n) is 7.31. The number of rotatable bonds is 1. The van der Waals surface area contributed by atoms with E-state index in [-0.39, 0.29) is 5.91 Å². The first kappa shape index (κ1) is 14.1. The zero-order valence-corrected chi connectivity index (χ0v) is 13.0. The molecule has 1 aromatic rings. The van der Waals surface area contributed by atoms with Gasteiger partial charge in [0.2, 0.25) is 0 Å². The molecule has 0 aliphatic carbocycles. The van der Waals surface area contributed by atoms with E-state index in [1.165, 1.54) is 16.7 Å². The maximum absolute atomic E-state index is 12.2. The van der Waals surface area contributed by atoms with E-state index in [0.29, 0.717) is 5.71 Å². The predicted molar refractivity (Wildman–Crippen MR) is 82.6 cm³/mol. The predicted octanol–water partition coefficient (Wildman–Crippen LogP) is 2.11. The van der Waals surface area contributed by atoms with Crippen molar-refractivity contribution in [3.05, 3.63) is 28.3 Å². The average Bonchev–Trinajstić information content (AvgIpc) is 2.72. The lowest BCUT2D eigenvalue weighted by atomic mass is 9.91. The minimum Gasteiger partial charge on any atom is -0.389 e. The van der Waals surface area contributed by atoms with Crippen LogP contribution in [-0.4, -0.2) is 23.8 Å². The van der Waals surface area contributed by atoms with Crippen molar-refractivity contribution in [3.8, 4) is 0 Å². The zero-order valence-electron chi connectivity index (χ0n) is 13.0. The van der Waals surface area contributed by atoms with Gasteiger partial charge in [0.1, 0.15) is 5.60 Å². The SMILES string of the molecule is Cc1cc2c(c3c1CCNC3)NC(=O)/C2=N/OC(C)(C)C. The van der Waals surface area contributed by atoms with Gasteiger partial charge in [-0.25, -0.2) is 0 Å². The van der Waals surface area contributed by atoms with E-state index in [1.807, 2.05) is 26.8 Å². The third-order valence-electron chi connectivity index (χ3n) is 3.75. The normalized spacial score (nSPS) is 19.2. The first-order valence-corrected chi connectivity index (χ1v) is 7.31. The summed E-state index contributed by atoms with van der Waals surface area (Å²) in [5.41, 5.74) is 5.44. The zero-order chi connectivity index (χ0) is 15.2. The first-order chi connectivity index (χ1) is 9.87. The van der Waals surface area contributed by atoms with Crippen molar-refractivity contribution in [3.63, 3.8) is 0 Å². The Balaban J connectivity index is 2.08. The molecule has 5 nitrogen and oxygen atoms in total. The highest BCUT2D eigenvalue weighted by Gasteiger charge is 2.32. The lowest BCUT2D eigenvalue weighted by molar-refractivity contribution is -0.110. The molecule has 0 atom stereocenters. The fourth-order valence-corrected chi connectivity index (χ4v) is 2.79. The van der Waals surface area contributed by atoms with Crippen molar-refractivity contribution in [2.45, 2.75) is 46.3 Å². The number of nitrogens with zero attached hydrogens (tertiary/aromatic N) is 1. The molecule has 1 amide bonds. The summed E-state index contributed by atoms with van der Waals surface area (Å²) >= 11 is 0. The molecule has 3 rings (SSSR count). The highest BCUT2D eigenvalue weighted by molar-refractivity contribution is 6.53. The van der Waals surface area contributed by atoms with Gasteiger partial charge in [-0.05, 0) is 63.4 Å². The molecule has 21 heavy (non-hydrogen) atoms. The molecule has 1 aromatic carbocycles. The van der Waals surface area contributed by atoms with Gasteiger partial charge in [0.05, 0.1) is 5.69 Å². The van der Waals surface area contributed by atoms with Gasteiger partial charge in [0.25, 0.3) is 5.91 Å². The Labute approximate surface area is 124 Å². The van der Waals surface area contributed by atoms with Crippen LogP contribution in [-0.2, 0) is 22.6 Å². The van der Waals surface area contributed by atoms with Crippen LogP contribution < -0.4 is 10.6 Å². The Morgan fingerprint density at radius 1 is 1.29 bits per heavy atom. The smallest absolute Gasteiger partial charge is 0.278 e. The molecule has 2 aliphatic heterocycles. The number of benzene rings is 1. The van der Waals surface area contributed by atoms with Crippen LogP contribution in [0.5, 0.6) is 0 Å². The van der Waals surface area contributed by atoms with Gasteiger partial charge in [-0.15, -0.1) is 0 Å². The van der Waals surface area contributed by atoms with Crippen LogP contribution >= 0.6 is 0 Å². The van der Waals surface area contributed by atoms with E-state index in [0.717, 1.165) is 30.8 Å². The summed E-state index contributed by atoms with van der Waals surface area (Å²) in [4.78, 5) is 17.6. The highest BCUT2D eigenvalue weighted by Crippen LogP contribution is 2.34. The van der Waals surface area contributed by atoms with Gasteiger partial charge in [0.15, 0.2) is 5.71 Å². The molecule has 112 valence electrons. The van der Waals surface area contributed by atoms with E-state index in [1.54, 1.807) is 0 Å². The number of carbonyl (C=O) groups is 1. The maximum Gasteiger partial charge on any atom is 0.278 e. The van der Waals surface area contributed by atoms with E-state index in [4.69, 9.17) is 4.84 Å². The molecule has 0 fully saturated rings. The quantitative estimate of drug-likeness (QED) is 0.778. The molecule has 0 saturated heterocycles. The molecular formula is C16H21N3O2. The van der Waals surface area contributed by atoms with Crippen LogP contribution in [0.15, 0.2) is 11.2 Å². The van der Waals surface area contributed by atoms with Crippen LogP contribution in [0.3, 0.4) is 0 Å². The second-order valence-corrected chi connectivity index (χ2v) is 6.60. The van der Waals surface area contributed by atoms with E-state index in [9.17, 15) is 4.79 Å². The van der Waals surface area contributed by atoms with Crippen molar-refractivity contribution in [1.82, 2.24) is 5.32 Å². The van der Waals surface area contributed by atoms with Crippen LogP contribution in [0.1, 0.15) is 43.0 Å². The maximum atomic E-state index is 12.2. The summed E-state index contributed by atoms with van der Waals surface area (Å²) in [7, 11) is 0. The molecule has 5 heteroatoms. The standard InChI is InChI=1S/C16H21N3O2/c1-9-7-11-13(12-8-17-6-5-10(9)12)18-15(20)14(11)19-21-16(2,3)4/h7,17H,5-6,8H2,1-4H3,(H,18,19,20). The van der Waals surface area contributed by atoms with E-state index < -0.39 is 5.60 Å². The van der Waals surface area contributed by atoms with Crippen LogP contribution in [0.2, 0.25) is 0 Å². The number of aryl methyl sites for hydroxylation is 1. The Hall–Kier alpha value is -1.88. The molecular weight excluding hydrogens is 266 g/mol. The monoisotopic (exact) mass is 287 g/mol. The van der Waals surface area contributed by atoms with Crippen molar-refractivity contribution in [1.29, 1.82) is 0 Å². The summed E-state index contributed by atoms with van der Waals surface area (Å²) < 4.78 is 0. The molecule has 2 heterocycles. The van der Waals surface area contributed by atoms with Gasteiger partial charge in [-0.1, -0.05) is 5.16 Å². The second-order valence-electron chi connectivity index (χ2n) is 6.60. The number of hydrogen-bond donors (Lipinski definition) is 2. The van der Waals surface area contributed by atoms with Crippen LogP contribution in [0.4, 0.5) is 5.69 Å². The number of carbonyl (C=O) groups excluding carboxylic acids is 1. The van der Waals surface area contributed by atoms with Crippen molar-refractivity contribution >= 4 is 17.3 Å². The number of oxime groups is 1. The topological polar surface area (TPSA) is 62.7 Å². The third kappa shape index (κ3) is 2.53. The fraction of sp³-hybridized carbons (Fsp3) is 0.500. The van der Waals surface area contributed by atoms with Gasteiger partial charge in [0, 0.05) is 12.1 Å². The van der Waals surface area contributed by atoms with Crippen molar-refractivity contribution in [2.24, 2.45) is 5.16 Å². The molecule has 2 aliphatic rings. The fourth-order valence-electron chi connectivity index (χ4n) is 2.79. The number of nitrogens with one attached hydrogen (secondary N) is 2. The lowest BCUT2D eigenvalue weighted by Crippen LogP contribution is -2.25. The minimum atomic E-state index is -0.416. The lowest BCUT2D eigenvalue weighted by Gasteiger charge is -2.22. The molecule has 0 spiro atoms. The molecule has 0 bridgehead atoms. The Morgan fingerprint density at radius 2 is 2.05 bits per heavy atom. The molecule has 0 radical (unpaired) electrons. The largest absolute Gasteiger partial charge is 0.389 e. The highest BCUT2D eigenvalue weighted by atomic mass is 16.6. The summed E-state index contributed by atoms with van der Waals surface area (Å²) in [5.74, 6) is -0.187. The summed E-state index contributed by atoms with van der Waals surface area (Å²) in [6.45, 7) is 9.59. The van der Waals surface area contributed by atoms with Crippen LogP contribution in [0.25, 0.3) is 0 Å². The second kappa shape index (κ2) is 4.84. The summed E-state index contributed by atoms with van der Waals surface area (Å²) in [5, 5.41) is 10.4. The third-order valence-corrected chi connectivity index (χ3v) is 3.75. The van der Waals surface area contributed by atoms with Crippen molar-refractivity contribution in [2.75, 3.05) is 11.9 Å². The van der Waals surface area contributed by atoms with Gasteiger partial charge >= 0.3 is 0 Å². The van der Waals surface area contributed by atoms with Gasteiger partial charge < -0.3 is 15.5 Å². The number of fused-ring (bicyclic) bond motifs is 3. The van der Waals surface area contributed by atoms with Crippen molar-refractivity contribution < 1.29 is 9.63 Å². The summed E-state index contributed by atoms with van der Waals surface area (Å²) in [6.07, 6.45) is 0.995. The molecule has 2 N–H and O–H groups in total. The molecule has 0 saturated carbocycles. The molecule has 0 unspecified atom stereocenters.